The third kappa shape index (κ3) is 3.92. The fraction of sp³-hybridized carbons (Fsp3) is 0.273. The van der Waals surface area contributed by atoms with Crippen LogP contribution in [0.5, 0.6) is 0 Å². The highest BCUT2D eigenvalue weighted by Gasteiger charge is 2.24. The number of ether oxygens (including phenoxy) is 1. The number of nitrogens with one attached hydrogen (secondary N) is 1. The lowest BCUT2D eigenvalue weighted by atomic mass is 10.1. The Balaban J connectivity index is 1.52. The van der Waals surface area contributed by atoms with Crippen LogP contribution in [0, 0.1) is 0 Å². The number of anilines is 2. The van der Waals surface area contributed by atoms with E-state index in [1.165, 1.54) is 6.39 Å². The summed E-state index contributed by atoms with van der Waals surface area (Å²) < 4.78 is 11.1. The summed E-state index contributed by atoms with van der Waals surface area (Å²) in [4.78, 5) is 19.0. The molecule has 3 aromatic rings. The number of amides is 1. The van der Waals surface area contributed by atoms with Gasteiger partial charge in [-0.1, -0.05) is 24.3 Å². The van der Waals surface area contributed by atoms with Gasteiger partial charge in [0.1, 0.15) is 0 Å². The van der Waals surface area contributed by atoms with Crippen LogP contribution in [0.4, 0.5) is 11.4 Å². The molecule has 1 aliphatic rings. The Kier molecular flexibility index (Phi) is 5.12. The number of carbonyl (C=O) groups excluding carboxylic acids is 1. The number of oxazole rings is 1. The second-order valence-electron chi connectivity index (χ2n) is 7.08. The van der Waals surface area contributed by atoms with Crippen LogP contribution in [0.25, 0.3) is 11.3 Å². The molecule has 0 spiro atoms. The lowest BCUT2D eigenvalue weighted by Gasteiger charge is -2.37. The number of hydrogen-bond donors (Lipinski definition) is 1. The summed E-state index contributed by atoms with van der Waals surface area (Å²) in [5, 5.41) is 3.05. The van der Waals surface area contributed by atoms with Gasteiger partial charge in [0.15, 0.2) is 12.2 Å². The van der Waals surface area contributed by atoms with Gasteiger partial charge in [-0.3, -0.25) is 4.79 Å². The highest BCUT2D eigenvalue weighted by Crippen LogP contribution is 2.29. The predicted molar refractivity (Wildman–Crippen MR) is 109 cm³/mol. The first-order valence-electron chi connectivity index (χ1n) is 9.40. The van der Waals surface area contributed by atoms with E-state index < -0.39 is 0 Å². The molecule has 1 saturated heterocycles. The van der Waals surface area contributed by atoms with Gasteiger partial charge in [-0.15, -0.1) is 0 Å². The molecule has 1 fully saturated rings. The Morgan fingerprint density at radius 1 is 1.07 bits per heavy atom. The predicted octanol–water partition coefficient (Wildman–Crippen LogP) is 4.21. The number of para-hydroxylation sites is 2. The molecule has 6 heteroatoms. The molecule has 0 bridgehead atoms. The van der Waals surface area contributed by atoms with Crippen molar-refractivity contribution in [3.8, 4) is 11.3 Å². The highest BCUT2D eigenvalue weighted by atomic mass is 16.5. The third-order valence-electron chi connectivity index (χ3n) is 4.78. The first-order valence-corrected chi connectivity index (χ1v) is 9.40. The molecule has 6 nitrogen and oxygen atoms in total. The zero-order valence-electron chi connectivity index (χ0n) is 16.0. The van der Waals surface area contributed by atoms with Crippen LogP contribution in [-0.4, -0.2) is 36.2 Å². The Hall–Kier alpha value is -3.12. The smallest absolute Gasteiger partial charge is 0.255 e. The minimum Gasteiger partial charge on any atom is -0.444 e. The molecular weight excluding hydrogens is 354 g/mol. The lowest BCUT2D eigenvalue weighted by molar-refractivity contribution is -0.00517. The van der Waals surface area contributed by atoms with E-state index >= 15 is 0 Å². The summed E-state index contributed by atoms with van der Waals surface area (Å²) in [6.45, 7) is 5.73. The van der Waals surface area contributed by atoms with Crippen LogP contribution >= 0.6 is 0 Å². The number of morpholine rings is 1. The van der Waals surface area contributed by atoms with E-state index in [1.54, 1.807) is 18.3 Å². The zero-order valence-corrected chi connectivity index (χ0v) is 16.0. The molecule has 0 radical (unpaired) electrons. The standard InChI is InChI=1S/C22H23N3O3/c1-15-12-25(13-16(2)28-15)20-6-4-3-5-19(20)24-22(26)18-9-7-17(8-10-18)21-11-23-14-27-21/h3-11,14-16H,12-13H2,1-2H3,(H,24,26)/t15-,16-/m1/s1. The van der Waals surface area contributed by atoms with Crippen molar-refractivity contribution >= 4 is 17.3 Å². The van der Waals surface area contributed by atoms with Crippen molar-refractivity contribution in [2.24, 2.45) is 0 Å². The van der Waals surface area contributed by atoms with E-state index in [2.05, 4.69) is 29.0 Å². The summed E-state index contributed by atoms with van der Waals surface area (Å²) in [7, 11) is 0. The molecule has 144 valence electrons. The van der Waals surface area contributed by atoms with Crippen molar-refractivity contribution in [2.75, 3.05) is 23.3 Å². The highest BCUT2D eigenvalue weighted by molar-refractivity contribution is 6.06. The molecule has 2 aromatic carbocycles. The van der Waals surface area contributed by atoms with Gasteiger partial charge in [-0.05, 0) is 38.1 Å². The van der Waals surface area contributed by atoms with Gasteiger partial charge in [0.05, 0.1) is 29.8 Å². The van der Waals surface area contributed by atoms with Gasteiger partial charge in [0.25, 0.3) is 5.91 Å². The van der Waals surface area contributed by atoms with Crippen LogP contribution in [0.3, 0.4) is 0 Å². The number of nitrogens with zero attached hydrogens (tertiary/aromatic N) is 2. The van der Waals surface area contributed by atoms with E-state index in [4.69, 9.17) is 9.15 Å². The van der Waals surface area contributed by atoms with Crippen molar-refractivity contribution in [3.63, 3.8) is 0 Å². The van der Waals surface area contributed by atoms with Gasteiger partial charge in [0.2, 0.25) is 0 Å². The molecule has 1 aromatic heterocycles. The molecule has 28 heavy (non-hydrogen) atoms. The maximum atomic E-state index is 12.8. The largest absolute Gasteiger partial charge is 0.444 e. The molecule has 0 unspecified atom stereocenters. The monoisotopic (exact) mass is 377 g/mol. The maximum Gasteiger partial charge on any atom is 0.255 e. The van der Waals surface area contributed by atoms with Crippen LogP contribution in [0.1, 0.15) is 24.2 Å². The van der Waals surface area contributed by atoms with Crippen molar-refractivity contribution in [3.05, 3.63) is 66.7 Å². The molecule has 0 saturated carbocycles. The van der Waals surface area contributed by atoms with Gasteiger partial charge < -0.3 is 19.4 Å². The minimum atomic E-state index is -0.147. The molecule has 1 aliphatic heterocycles. The molecule has 0 aliphatic carbocycles. The first kappa shape index (κ1) is 18.3. The van der Waals surface area contributed by atoms with E-state index in [9.17, 15) is 4.79 Å². The van der Waals surface area contributed by atoms with Crippen LogP contribution < -0.4 is 10.2 Å². The van der Waals surface area contributed by atoms with Crippen molar-refractivity contribution < 1.29 is 13.9 Å². The topological polar surface area (TPSA) is 67.6 Å². The summed E-state index contributed by atoms with van der Waals surface area (Å²) in [5.41, 5.74) is 3.27. The van der Waals surface area contributed by atoms with Crippen molar-refractivity contribution in [1.29, 1.82) is 0 Å². The van der Waals surface area contributed by atoms with Crippen LogP contribution in [0.15, 0.2) is 65.5 Å². The van der Waals surface area contributed by atoms with Gasteiger partial charge >= 0.3 is 0 Å². The fourth-order valence-electron chi connectivity index (χ4n) is 3.57. The van der Waals surface area contributed by atoms with Gasteiger partial charge in [-0.25, -0.2) is 4.98 Å². The normalized spacial score (nSPS) is 19.4. The number of rotatable bonds is 4. The second kappa shape index (κ2) is 7.86. The van der Waals surface area contributed by atoms with Crippen molar-refractivity contribution in [2.45, 2.75) is 26.1 Å². The van der Waals surface area contributed by atoms with Crippen molar-refractivity contribution in [1.82, 2.24) is 4.98 Å². The lowest BCUT2D eigenvalue weighted by Crippen LogP contribution is -2.45. The molecular formula is C22H23N3O3. The molecule has 1 amide bonds. The second-order valence-corrected chi connectivity index (χ2v) is 7.08. The first-order chi connectivity index (χ1) is 13.6. The zero-order chi connectivity index (χ0) is 19.5. The molecule has 2 heterocycles. The van der Waals surface area contributed by atoms with E-state index in [1.807, 2.05) is 36.4 Å². The Morgan fingerprint density at radius 3 is 2.46 bits per heavy atom. The number of benzene rings is 2. The minimum absolute atomic E-state index is 0.147. The average Bonchev–Trinajstić information content (AvgIpc) is 3.22. The van der Waals surface area contributed by atoms with E-state index in [-0.39, 0.29) is 18.1 Å². The van der Waals surface area contributed by atoms with E-state index in [0.29, 0.717) is 11.3 Å². The summed E-state index contributed by atoms with van der Waals surface area (Å²) in [6.07, 6.45) is 3.34. The third-order valence-corrected chi connectivity index (χ3v) is 4.78. The molecule has 4 rings (SSSR count). The Bertz CT molecular complexity index is 928. The van der Waals surface area contributed by atoms with Crippen LogP contribution in [0.2, 0.25) is 0 Å². The molecule has 1 N–H and O–H groups in total. The maximum absolute atomic E-state index is 12.8. The number of hydrogen-bond acceptors (Lipinski definition) is 5. The number of carbonyl (C=O) groups is 1. The fourth-order valence-corrected chi connectivity index (χ4v) is 3.57. The van der Waals surface area contributed by atoms with Gasteiger partial charge in [-0.2, -0.15) is 0 Å². The van der Waals surface area contributed by atoms with Crippen LogP contribution in [-0.2, 0) is 4.74 Å². The Morgan fingerprint density at radius 2 is 1.79 bits per heavy atom. The quantitative estimate of drug-likeness (QED) is 0.738. The number of aromatic nitrogens is 1. The Labute approximate surface area is 164 Å². The molecule has 2 atom stereocenters. The van der Waals surface area contributed by atoms with E-state index in [0.717, 1.165) is 30.0 Å². The summed E-state index contributed by atoms with van der Waals surface area (Å²) >= 11 is 0. The summed E-state index contributed by atoms with van der Waals surface area (Å²) in [6, 6.07) is 15.2. The summed E-state index contributed by atoms with van der Waals surface area (Å²) in [5.74, 6) is 0.527. The SMILES string of the molecule is C[C@@H]1CN(c2ccccc2NC(=O)c2ccc(-c3cnco3)cc2)C[C@@H](C)O1. The average molecular weight is 377 g/mol. The van der Waals surface area contributed by atoms with Gasteiger partial charge in [0, 0.05) is 24.2 Å².